The van der Waals surface area contributed by atoms with E-state index < -0.39 is 0 Å². The van der Waals surface area contributed by atoms with Gasteiger partial charge in [0.1, 0.15) is 23.7 Å². The van der Waals surface area contributed by atoms with E-state index in [0.29, 0.717) is 0 Å². The highest BCUT2D eigenvalue weighted by atomic mass is 16.6. The summed E-state index contributed by atoms with van der Waals surface area (Å²) < 4.78 is 16.8. The highest BCUT2D eigenvalue weighted by molar-refractivity contribution is 5.44. The Labute approximate surface area is 111 Å². The van der Waals surface area contributed by atoms with Gasteiger partial charge in [0.05, 0.1) is 13.2 Å². The van der Waals surface area contributed by atoms with Crippen molar-refractivity contribution >= 4 is 0 Å². The van der Waals surface area contributed by atoms with Gasteiger partial charge in [0, 0.05) is 11.1 Å². The van der Waals surface area contributed by atoms with E-state index >= 15 is 0 Å². The molecule has 2 aliphatic rings. The van der Waals surface area contributed by atoms with Crippen molar-refractivity contribution in [2.24, 2.45) is 0 Å². The lowest BCUT2D eigenvalue weighted by Crippen LogP contribution is -1.94. The summed E-state index contributed by atoms with van der Waals surface area (Å²) in [5.74, 6) is 1.75. The molecule has 0 amide bonds. The van der Waals surface area contributed by atoms with E-state index in [4.69, 9.17) is 14.2 Å². The lowest BCUT2D eigenvalue weighted by Gasteiger charge is -2.12. The van der Waals surface area contributed by atoms with Gasteiger partial charge in [-0.3, -0.25) is 0 Å². The van der Waals surface area contributed by atoms with E-state index in [1.165, 1.54) is 0 Å². The molecule has 2 unspecified atom stereocenters. The van der Waals surface area contributed by atoms with Gasteiger partial charge < -0.3 is 14.2 Å². The van der Waals surface area contributed by atoms with Crippen LogP contribution in [0.2, 0.25) is 0 Å². The number of para-hydroxylation sites is 2. The molecule has 0 saturated carbocycles. The maximum Gasteiger partial charge on any atom is 0.133 e. The molecule has 4 rings (SSSR count). The van der Waals surface area contributed by atoms with Gasteiger partial charge in [0.2, 0.25) is 0 Å². The fourth-order valence-corrected chi connectivity index (χ4v) is 2.25. The zero-order valence-corrected chi connectivity index (χ0v) is 10.4. The zero-order chi connectivity index (χ0) is 12.7. The Morgan fingerprint density at radius 3 is 1.58 bits per heavy atom. The Hall–Kier alpha value is -1.84. The van der Waals surface area contributed by atoms with Gasteiger partial charge >= 0.3 is 0 Å². The van der Waals surface area contributed by atoms with Gasteiger partial charge in [0.25, 0.3) is 0 Å². The molecule has 2 aromatic rings. The largest absolute Gasteiger partial charge is 0.457 e. The lowest BCUT2D eigenvalue weighted by atomic mass is 10.1. The normalized spacial score (nSPS) is 24.0. The van der Waals surface area contributed by atoms with E-state index in [1.54, 1.807) is 0 Å². The van der Waals surface area contributed by atoms with Crippen molar-refractivity contribution in [1.82, 2.24) is 0 Å². The molecule has 0 spiro atoms. The van der Waals surface area contributed by atoms with Crippen molar-refractivity contribution < 1.29 is 14.2 Å². The molecule has 2 fully saturated rings. The van der Waals surface area contributed by atoms with E-state index in [1.807, 2.05) is 36.4 Å². The van der Waals surface area contributed by atoms with Crippen LogP contribution in [0.3, 0.4) is 0 Å². The van der Waals surface area contributed by atoms with Crippen LogP contribution < -0.4 is 4.74 Å². The first-order chi connectivity index (χ1) is 9.42. The van der Waals surface area contributed by atoms with Crippen LogP contribution in [0.5, 0.6) is 11.5 Å². The van der Waals surface area contributed by atoms with Crippen molar-refractivity contribution in [2.75, 3.05) is 13.2 Å². The average Bonchev–Trinajstić information content (AvgIpc) is 3.31. The molecule has 2 heterocycles. The summed E-state index contributed by atoms with van der Waals surface area (Å²) in [6, 6.07) is 16.1. The fraction of sp³-hybridized carbons (Fsp3) is 0.250. The van der Waals surface area contributed by atoms with Crippen LogP contribution in [0.15, 0.2) is 48.5 Å². The molecule has 3 heteroatoms. The predicted molar refractivity (Wildman–Crippen MR) is 70.3 cm³/mol. The van der Waals surface area contributed by atoms with Crippen molar-refractivity contribution in [1.29, 1.82) is 0 Å². The molecule has 96 valence electrons. The van der Waals surface area contributed by atoms with Crippen LogP contribution in [0.1, 0.15) is 23.3 Å². The Kier molecular flexibility index (Phi) is 2.53. The van der Waals surface area contributed by atoms with Crippen molar-refractivity contribution in [3.63, 3.8) is 0 Å². The molecule has 0 radical (unpaired) electrons. The van der Waals surface area contributed by atoms with Crippen molar-refractivity contribution in [3.8, 4) is 11.5 Å². The van der Waals surface area contributed by atoms with Crippen LogP contribution in [0.25, 0.3) is 0 Å². The third kappa shape index (κ3) is 2.23. The molecule has 2 aliphatic heterocycles. The van der Waals surface area contributed by atoms with E-state index in [2.05, 4.69) is 12.1 Å². The maximum absolute atomic E-state index is 6.08. The third-order valence-electron chi connectivity index (χ3n) is 3.42. The minimum absolute atomic E-state index is 0.195. The van der Waals surface area contributed by atoms with Gasteiger partial charge in [-0.25, -0.2) is 0 Å². The molecule has 3 nitrogen and oxygen atoms in total. The Balaban J connectivity index is 1.68. The SMILES string of the molecule is c1ccc(C2CO2)c(Oc2ccccc2C2CO2)c1. The molecule has 19 heavy (non-hydrogen) atoms. The smallest absolute Gasteiger partial charge is 0.133 e. The van der Waals surface area contributed by atoms with Crippen LogP contribution in [-0.2, 0) is 9.47 Å². The van der Waals surface area contributed by atoms with Crippen molar-refractivity contribution in [2.45, 2.75) is 12.2 Å². The van der Waals surface area contributed by atoms with Crippen LogP contribution >= 0.6 is 0 Å². The van der Waals surface area contributed by atoms with Gasteiger partial charge in [-0.05, 0) is 12.1 Å². The first kappa shape index (κ1) is 11.0. The maximum atomic E-state index is 6.08. The van der Waals surface area contributed by atoms with Gasteiger partial charge in [-0.2, -0.15) is 0 Å². The highest BCUT2D eigenvalue weighted by Crippen LogP contribution is 2.41. The summed E-state index contributed by atoms with van der Waals surface area (Å²) in [6.45, 7) is 1.57. The van der Waals surface area contributed by atoms with Crippen molar-refractivity contribution in [3.05, 3.63) is 59.7 Å². The van der Waals surface area contributed by atoms with E-state index in [9.17, 15) is 0 Å². The molecule has 0 aromatic heterocycles. The number of rotatable bonds is 4. The molecule has 0 N–H and O–H groups in total. The summed E-state index contributed by atoms with van der Waals surface area (Å²) in [5, 5.41) is 0. The van der Waals surface area contributed by atoms with Gasteiger partial charge in [0.15, 0.2) is 0 Å². The molecule has 0 bridgehead atoms. The minimum Gasteiger partial charge on any atom is -0.457 e. The summed E-state index contributed by atoms with van der Waals surface area (Å²) in [6.07, 6.45) is 0.390. The summed E-state index contributed by atoms with van der Waals surface area (Å²) >= 11 is 0. The van der Waals surface area contributed by atoms with E-state index in [-0.39, 0.29) is 12.2 Å². The Morgan fingerprint density at radius 2 is 1.16 bits per heavy atom. The van der Waals surface area contributed by atoms with Crippen LogP contribution in [-0.4, -0.2) is 13.2 Å². The second kappa shape index (κ2) is 4.37. The minimum atomic E-state index is 0.195. The molecule has 0 aliphatic carbocycles. The van der Waals surface area contributed by atoms with E-state index in [0.717, 1.165) is 35.8 Å². The number of benzene rings is 2. The average molecular weight is 254 g/mol. The number of hydrogen-bond donors (Lipinski definition) is 0. The second-order valence-corrected chi connectivity index (χ2v) is 4.82. The predicted octanol–water partition coefficient (Wildman–Crippen LogP) is 3.62. The monoisotopic (exact) mass is 254 g/mol. The number of hydrogen-bond acceptors (Lipinski definition) is 3. The zero-order valence-electron chi connectivity index (χ0n) is 10.4. The summed E-state index contributed by atoms with van der Waals surface area (Å²) in [5.41, 5.74) is 2.24. The summed E-state index contributed by atoms with van der Waals surface area (Å²) in [4.78, 5) is 0. The molecular weight excluding hydrogens is 240 g/mol. The molecule has 2 saturated heterocycles. The van der Waals surface area contributed by atoms with Crippen LogP contribution in [0.4, 0.5) is 0 Å². The Morgan fingerprint density at radius 1 is 0.737 bits per heavy atom. The van der Waals surface area contributed by atoms with Crippen LogP contribution in [0, 0.1) is 0 Å². The number of epoxide rings is 2. The first-order valence-corrected chi connectivity index (χ1v) is 6.51. The second-order valence-electron chi connectivity index (χ2n) is 4.82. The summed E-state index contributed by atoms with van der Waals surface area (Å²) in [7, 11) is 0. The quantitative estimate of drug-likeness (QED) is 0.781. The lowest BCUT2D eigenvalue weighted by molar-refractivity contribution is 0.393. The molecule has 2 atom stereocenters. The standard InChI is InChI=1S/C16H14O3/c1-3-7-13(11(5-1)15-9-17-15)19-14-8-4-2-6-12(14)16-10-18-16/h1-8,15-16H,9-10H2. The highest BCUT2D eigenvalue weighted by Gasteiger charge is 2.30. The number of ether oxygens (including phenoxy) is 3. The third-order valence-corrected chi connectivity index (χ3v) is 3.42. The topological polar surface area (TPSA) is 34.3 Å². The molecular formula is C16H14O3. The fourth-order valence-electron chi connectivity index (χ4n) is 2.25. The van der Waals surface area contributed by atoms with Gasteiger partial charge in [-0.1, -0.05) is 36.4 Å². The van der Waals surface area contributed by atoms with Gasteiger partial charge in [-0.15, -0.1) is 0 Å². The molecule has 2 aromatic carbocycles. The Bertz CT molecular complexity index is 547. The first-order valence-electron chi connectivity index (χ1n) is 6.51.